The molecule has 0 saturated carbocycles. The highest BCUT2D eigenvalue weighted by Crippen LogP contribution is 2.33. The Balaban J connectivity index is 2.10. The van der Waals surface area contributed by atoms with E-state index in [0.29, 0.717) is 15.9 Å². The van der Waals surface area contributed by atoms with Crippen LogP contribution in [0.15, 0.2) is 10.7 Å². The molecule has 0 aliphatic carbocycles. The van der Waals surface area contributed by atoms with Crippen molar-refractivity contribution in [2.24, 2.45) is 5.41 Å². The summed E-state index contributed by atoms with van der Waals surface area (Å²) in [6, 6.07) is 0. The Bertz CT molecular complexity index is 516. The number of anilines is 1. The van der Waals surface area contributed by atoms with Gasteiger partial charge in [0.1, 0.15) is 12.0 Å². The van der Waals surface area contributed by atoms with E-state index in [2.05, 4.69) is 33.2 Å². The highest BCUT2D eigenvalue weighted by Gasteiger charge is 2.28. The molecule has 1 fully saturated rings. The predicted octanol–water partition coefficient (Wildman–Crippen LogP) is 3.29. The average molecular weight is 344 g/mol. The van der Waals surface area contributed by atoms with Crippen LogP contribution in [0.3, 0.4) is 0 Å². The Morgan fingerprint density at radius 1 is 1.55 bits per heavy atom. The second kappa shape index (κ2) is 6.05. The van der Waals surface area contributed by atoms with E-state index in [4.69, 9.17) is 4.74 Å². The minimum absolute atomic E-state index is 0.0275. The van der Waals surface area contributed by atoms with E-state index in [-0.39, 0.29) is 11.1 Å². The van der Waals surface area contributed by atoms with Gasteiger partial charge in [0.2, 0.25) is 0 Å². The molecule has 1 aliphatic rings. The smallest absolute Gasteiger partial charge is 0.291 e. The molecular formula is C13H18BrN3O3. The van der Waals surface area contributed by atoms with Crippen LogP contribution < -0.4 is 5.32 Å². The van der Waals surface area contributed by atoms with E-state index in [9.17, 15) is 10.1 Å². The summed E-state index contributed by atoms with van der Waals surface area (Å²) >= 11 is 3.39. The van der Waals surface area contributed by atoms with E-state index in [1.165, 1.54) is 6.20 Å². The molecule has 0 bridgehead atoms. The molecule has 6 nitrogen and oxygen atoms in total. The number of halogens is 1. The zero-order valence-corrected chi connectivity index (χ0v) is 13.2. The first-order chi connectivity index (χ1) is 9.43. The summed E-state index contributed by atoms with van der Waals surface area (Å²) < 4.78 is 6.03. The molecule has 0 radical (unpaired) electrons. The van der Waals surface area contributed by atoms with E-state index >= 15 is 0 Å². The minimum atomic E-state index is -0.420. The first kappa shape index (κ1) is 15.2. The summed E-state index contributed by atoms with van der Waals surface area (Å²) in [6.45, 7) is 6.28. The number of ether oxygens (including phenoxy) is 1. The van der Waals surface area contributed by atoms with Gasteiger partial charge in [0, 0.05) is 25.3 Å². The molecule has 2 heterocycles. The van der Waals surface area contributed by atoms with Gasteiger partial charge in [-0.25, -0.2) is 4.98 Å². The summed E-state index contributed by atoms with van der Waals surface area (Å²) in [7, 11) is 0. The normalized spacial score (nSPS) is 17.8. The van der Waals surface area contributed by atoms with Crippen molar-refractivity contribution in [2.45, 2.75) is 26.7 Å². The van der Waals surface area contributed by atoms with Gasteiger partial charge in [-0.15, -0.1) is 0 Å². The highest BCUT2D eigenvalue weighted by molar-refractivity contribution is 9.10. The van der Waals surface area contributed by atoms with Crippen molar-refractivity contribution in [3.05, 3.63) is 26.3 Å². The zero-order valence-electron chi connectivity index (χ0n) is 11.6. The molecule has 0 amide bonds. The van der Waals surface area contributed by atoms with E-state index in [1.54, 1.807) is 6.92 Å². The standard InChI is InChI=1S/C13H18BrN3O3/c1-9-10(17(18)19)7-15-12(11(9)14)16-8-13(2)3-5-20-6-4-13/h7H,3-6,8H2,1-2H3,(H,15,16). The van der Waals surface area contributed by atoms with Crippen LogP contribution in [0.25, 0.3) is 0 Å². The fraction of sp³-hybridized carbons (Fsp3) is 0.615. The molecule has 20 heavy (non-hydrogen) atoms. The summed E-state index contributed by atoms with van der Waals surface area (Å²) in [5.41, 5.74) is 0.791. The van der Waals surface area contributed by atoms with Gasteiger partial charge >= 0.3 is 0 Å². The molecule has 0 aromatic carbocycles. The lowest BCUT2D eigenvalue weighted by atomic mass is 9.82. The molecule has 0 spiro atoms. The van der Waals surface area contributed by atoms with Crippen LogP contribution in [-0.2, 0) is 4.74 Å². The maximum absolute atomic E-state index is 10.9. The Hall–Kier alpha value is -1.21. The third-order valence-corrected chi connectivity index (χ3v) is 4.79. The van der Waals surface area contributed by atoms with Crippen molar-refractivity contribution < 1.29 is 9.66 Å². The highest BCUT2D eigenvalue weighted by atomic mass is 79.9. The largest absolute Gasteiger partial charge is 0.381 e. The summed E-state index contributed by atoms with van der Waals surface area (Å²) in [6.07, 6.45) is 3.31. The molecule has 110 valence electrons. The molecule has 0 unspecified atom stereocenters. The van der Waals surface area contributed by atoms with Crippen LogP contribution >= 0.6 is 15.9 Å². The van der Waals surface area contributed by atoms with Crippen molar-refractivity contribution in [3.63, 3.8) is 0 Å². The van der Waals surface area contributed by atoms with Gasteiger partial charge in [0.25, 0.3) is 5.69 Å². The van der Waals surface area contributed by atoms with Gasteiger partial charge in [-0.05, 0) is 41.1 Å². The molecule has 1 saturated heterocycles. The van der Waals surface area contributed by atoms with Crippen molar-refractivity contribution in [1.82, 2.24) is 4.98 Å². The Kier molecular flexibility index (Phi) is 4.59. The minimum Gasteiger partial charge on any atom is -0.381 e. The van der Waals surface area contributed by atoms with Crippen molar-refractivity contribution in [3.8, 4) is 0 Å². The van der Waals surface area contributed by atoms with Crippen molar-refractivity contribution in [1.29, 1.82) is 0 Å². The van der Waals surface area contributed by atoms with Gasteiger partial charge in [-0.2, -0.15) is 0 Å². The van der Waals surface area contributed by atoms with Gasteiger partial charge < -0.3 is 10.1 Å². The topological polar surface area (TPSA) is 77.3 Å². The van der Waals surface area contributed by atoms with Crippen molar-refractivity contribution >= 4 is 27.4 Å². The number of nitrogens with one attached hydrogen (secondary N) is 1. The van der Waals surface area contributed by atoms with Crippen LogP contribution in [-0.4, -0.2) is 29.7 Å². The van der Waals surface area contributed by atoms with Crippen LogP contribution in [0.1, 0.15) is 25.3 Å². The van der Waals surface area contributed by atoms with Crippen molar-refractivity contribution in [2.75, 3.05) is 25.1 Å². The fourth-order valence-electron chi connectivity index (χ4n) is 2.21. The molecular weight excluding hydrogens is 326 g/mol. The Morgan fingerprint density at radius 3 is 2.80 bits per heavy atom. The number of hydrogen-bond acceptors (Lipinski definition) is 5. The van der Waals surface area contributed by atoms with Gasteiger partial charge in [0.15, 0.2) is 0 Å². The quantitative estimate of drug-likeness (QED) is 0.670. The zero-order chi connectivity index (χ0) is 14.8. The maximum atomic E-state index is 10.9. The molecule has 7 heteroatoms. The van der Waals surface area contributed by atoms with Gasteiger partial charge in [0.05, 0.1) is 9.40 Å². The second-order valence-corrected chi connectivity index (χ2v) is 6.26. The summed E-state index contributed by atoms with van der Waals surface area (Å²) in [5, 5.41) is 14.1. The molecule has 0 atom stereocenters. The lowest BCUT2D eigenvalue weighted by molar-refractivity contribution is -0.385. The van der Waals surface area contributed by atoms with Gasteiger partial charge in [-0.1, -0.05) is 6.92 Å². The molecule has 1 N–H and O–H groups in total. The number of hydrogen-bond donors (Lipinski definition) is 1. The van der Waals surface area contributed by atoms with E-state index in [1.807, 2.05) is 0 Å². The third kappa shape index (κ3) is 3.27. The maximum Gasteiger partial charge on any atom is 0.291 e. The fourth-order valence-corrected chi connectivity index (χ4v) is 2.66. The second-order valence-electron chi connectivity index (χ2n) is 5.46. The lowest BCUT2D eigenvalue weighted by Crippen LogP contribution is -2.33. The van der Waals surface area contributed by atoms with E-state index in [0.717, 1.165) is 32.6 Å². The molecule has 2 rings (SSSR count). The van der Waals surface area contributed by atoms with Gasteiger partial charge in [-0.3, -0.25) is 10.1 Å². The number of pyridine rings is 1. The third-order valence-electron chi connectivity index (χ3n) is 3.82. The first-order valence-electron chi connectivity index (χ1n) is 6.54. The monoisotopic (exact) mass is 343 g/mol. The summed E-state index contributed by atoms with van der Waals surface area (Å²) in [5.74, 6) is 0.654. The molecule has 1 aromatic heterocycles. The Morgan fingerprint density at radius 2 is 2.20 bits per heavy atom. The number of nitro groups is 1. The van der Waals surface area contributed by atoms with Crippen LogP contribution in [0.2, 0.25) is 0 Å². The van der Waals surface area contributed by atoms with Crippen LogP contribution in [0.4, 0.5) is 11.5 Å². The predicted molar refractivity (Wildman–Crippen MR) is 80.0 cm³/mol. The SMILES string of the molecule is Cc1c([N+](=O)[O-])cnc(NCC2(C)CCOCC2)c1Br. The van der Waals surface area contributed by atoms with E-state index < -0.39 is 4.92 Å². The summed E-state index contributed by atoms with van der Waals surface area (Å²) in [4.78, 5) is 14.6. The van der Waals surface area contributed by atoms with Crippen LogP contribution in [0.5, 0.6) is 0 Å². The Labute approximate surface area is 126 Å². The number of rotatable bonds is 4. The molecule has 1 aliphatic heterocycles. The first-order valence-corrected chi connectivity index (χ1v) is 7.33. The number of nitrogens with zero attached hydrogens (tertiary/aromatic N) is 2. The lowest BCUT2D eigenvalue weighted by Gasteiger charge is -2.33. The average Bonchev–Trinajstić information content (AvgIpc) is 2.41. The van der Waals surface area contributed by atoms with Crippen LogP contribution in [0, 0.1) is 22.5 Å². The molecule has 1 aromatic rings. The number of aromatic nitrogens is 1.